The van der Waals surface area contributed by atoms with E-state index in [0.717, 1.165) is 70.6 Å². The number of carbonyl (C=O) groups is 1. The number of unbranched alkanes of at least 4 members (excludes halogenated alkanes) is 13. The summed E-state index contributed by atoms with van der Waals surface area (Å²) in [7, 11) is 0. The highest BCUT2D eigenvalue weighted by molar-refractivity contribution is 5.76. The zero-order valence-electron chi connectivity index (χ0n) is 28.1. The van der Waals surface area contributed by atoms with Crippen LogP contribution in [0.3, 0.4) is 0 Å². The van der Waals surface area contributed by atoms with E-state index in [1.807, 2.05) is 6.08 Å². The second kappa shape index (κ2) is 27.5. The average Bonchev–Trinajstić information content (AvgIpc) is 3.04. The zero-order chi connectivity index (χ0) is 33.1. The Morgan fingerprint density at radius 1 is 0.756 bits per heavy atom. The fraction of sp³-hybridized carbons (Fsp3) is 0.806. The molecule has 7 unspecified atom stereocenters. The Hall–Kier alpha value is -1.59. The fourth-order valence-corrected chi connectivity index (χ4v) is 5.25. The van der Waals surface area contributed by atoms with Crippen molar-refractivity contribution in [2.45, 2.75) is 172 Å². The number of amides is 1. The summed E-state index contributed by atoms with van der Waals surface area (Å²) in [5, 5.41) is 53.6. The van der Waals surface area contributed by atoms with E-state index < -0.39 is 49.5 Å². The summed E-state index contributed by atoms with van der Waals surface area (Å²) in [4.78, 5) is 12.8. The quantitative estimate of drug-likeness (QED) is 0.0519. The second-order valence-electron chi connectivity index (χ2n) is 12.3. The average molecular weight is 640 g/mol. The summed E-state index contributed by atoms with van der Waals surface area (Å²) in [6.45, 7) is 3.62. The van der Waals surface area contributed by atoms with E-state index in [1.165, 1.54) is 38.5 Å². The summed E-state index contributed by atoms with van der Waals surface area (Å²) in [6, 6.07) is -0.807. The van der Waals surface area contributed by atoms with Gasteiger partial charge in [0, 0.05) is 6.42 Å². The van der Waals surface area contributed by atoms with Crippen LogP contribution in [0.25, 0.3) is 0 Å². The van der Waals surface area contributed by atoms with Gasteiger partial charge in [0.1, 0.15) is 24.4 Å². The van der Waals surface area contributed by atoms with E-state index in [4.69, 9.17) is 9.47 Å². The Morgan fingerprint density at radius 2 is 1.36 bits per heavy atom. The summed E-state index contributed by atoms with van der Waals surface area (Å²) >= 11 is 0. The maximum atomic E-state index is 12.8. The molecule has 0 spiro atoms. The van der Waals surface area contributed by atoms with E-state index in [2.05, 4.69) is 43.5 Å². The largest absolute Gasteiger partial charge is 0.394 e. The number of ether oxygens (including phenoxy) is 2. The molecule has 0 radical (unpaired) electrons. The van der Waals surface area contributed by atoms with Gasteiger partial charge in [-0.3, -0.25) is 4.79 Å². The molecule has 1 amide bonds. The molecule has 1 aliphatic rings. The van der Waals surface area contributed by atoms with Crippen molar-refractivity contribution in [2.24, 2.45) is 0 Å². The van der Waals surface area contributed by atoms with Crippen LogP contribution in [0, 0.1) is 0 Å². The Labute approximate surface area is 272 Å². The Kier molecular flexibility index (Phi) is 25.3. The number of aliphatic hydroxyl groups excluding tert-OH is 5. The van der Waals surface area contributed by atoms with Gasteiger partial charge in [-0.2, -0.15) is 0 Å². The molecule has 9 nitrogen and oxygen atoms in total. The molecule has 0 aromatic heterocycles. The van der Waals surface area contributed by atoms with Crippen molar-refractivity contribution >= 4 is 5.91 Å². The standard InChI is InChI=1S/C36H65NO8/c1-3-5-7-9-11-13-14-15-16-18-20-22-24-26-32(40)37-29(30(39)25-23-21-19-17-12-10-8-6-4-2)28-44-36-35(43)34(42)33(41)31(27-38)45-36/h7,9,13-14,23,25,29-31,33-36,38-39,41-43H,3-6,8,10-12,15-22,24,26-28H2,1-2H3,(H,37,40)/b9-7-,14-13-,25-23+. The van der Waals surface area contributed by atoms with E-state index in [1.54, 1.807) is 6.08 Å². The van der Waals surface area contributed by atoms with E-state index in [0.29, 0.717) is 6.42 Å². The van der Waals surface area contributed by atoms with Gasteiger partial charge in [-0.15, -0.1) is 0 Å². The van der Waals surface area contributed by atoms with E-state index in [-0.39, 0.29) is 12.5 Å². The third-order valence-electron chi connectivity index (χ3n) is 8.19. The molecule has 9 heteroatoms. The second-order valence-corrected chi connectivity index (χ2v) is 12.3. The molecule has 0 aromatic carbocycles. The van der Waals surface area contributed by atoms with Gasteiger partial charge in [0.15, 0.2) is 6.29 Å². The molecule has 1 fully saturated rings. The number of aliphatic hydroxyl groups is 5. The molecular formula is C36H65NO8. The molecule has 1 heterocycles. The maximum absolute atomic E-state index is 12.8. The summed E-state index contributed by atoms with van der Waals surface area (Å²) < 4.78 is 11.1. The van der Waals surface area contributed by atoms with E-state index >= 15 is 0 Å². The lowest BCUT2D eigenvalue weighted by atomic mass is 9.99. The monoisotopic (exact) mass is 639 g/mol. The third-order valence-corrected chi connectivity index (χ3v) is 8.19. The van der Waals surface area contributed by atoms with Crippen LogP contribution in [0.1, 0.15) is 129 Å². The SMILES string of the molecule is CCC/C=C\C/C=C\CCCCCCCC(=O)NC(COC1OC(CO)C(O)C(O)C1O)C(O)/C=C/CCCCCCCCC. The van der Waals surface area contributed by atoms with Crippen LogP contribution in [0.2, 0.25) is 0 Å². The number of hydrogen-bond acceptors (Lipinski definition) is 8. The molecule has 0 saturated carbocycles. The minimum atomic E-state index is -1.57. The van der Waals surface area contributed by atoms with Gasteiger partial charge >= 0.3 is 0 Å². The first kappa shape index (κ1) is 41.4. The van der Waals surface area contributed by atoms with Crippen LogP contribution in [0.4, 0.5) is 0 Å². The van der Waals surface area contributed by atoms with Gasteiger partial charge < -0.3 is 40.3 Å². The molecule has 1 rings (SSSR count). The van der Waals surface area contributed by atoms with E-state index in [9.17, 15) is 30.3 Å². The van der Waals surface area contributed by atoms with Crippen molar-refractivity contribution in [2.75, 3.05) is 13.2 Å². The fourth-order valence-electron chi connectivity index (χ4n) is 5.25. The topological polar surface area (TPSA) is 149 Å². The lowest BCUT2D eigenvalue weighted by molar-refractivity contribution is -0.302. The highest BCUT2D eigenvalue weighted by atomic mass is 16.7. The molecule has 0 aliphatic carbocycles. The molecule has 0 aromatic rings. The Bertz CT molecular complexity index is 802. The summed E-state index contributed by atoms with van der Waals surface area (Å²) in [5.74, 6) is -0.198. The van der Waals surface area contributed by atoms with Crippen molar-refractivity contribution in [1.82, 2.24) is 5.32 Å². The van der Waals surface area contributed by atoms with Gasteiger partial charge in [0.05, 0.1) is 25.4 Å². The first-order chi connectivity index (χ1) is 21.8. The highest BCUT2D eigenvalue weighted by Crippen LogP contribution is 2.22. The lowest BCUT2D eigenvalue weighted by Crippen LogP contribution is -2.60. The van der Waals surface area contributed by atoms with Crippen molar-refractivity contribution in [3.8, 4) is 0 Å². The molecular weight excluding hydrogens is 574 g/mol. The van der Waals surface area contributed by atoms with Crippen LogP contribution in [0.5, 0.6) is 0 Å². The Balaban J connectivity index is 2.50. The molecule has 45 heavy (non-hydrogen) atoms. The number of nitrogens with one attached hydrogen (secondary N) is 1. The lowest BCUT2D eigenvalue weighted by Gasteiger charge is -2.40. The summed E-state index contributed by atoms with van der Waals surface area (Å²) in [6.07, 6.45) is 23.3. The predicted octanol–water partition coefficient (Wildman–Crippen LogP) is 5.38. The molecule has 262 valence electrons. The maximum Gasteiger partial charge on any atom is 0.220 e. The summed E-state index contributed by atoms with van der Waals surface area (Å²) in [5.41, 5.74) is 0. The molecule has 6 N–H and O–H groups in total. The van der Waals surface area contributed by atoms with Gasteiger partial charge in [-0.1, -0.05) is 115 Å². The van der Waals surface area contributed by atoms with Crippen molar-refractivity contribution in [1.29, 1.82) is 0 Å². The number of rotatable bonds is 27. The first-order valence-corrected chi connectivity index (χ1v) is 17.7. The van der Waals surface area contributed by atoms with Crippen LogP contribution in [-0.4, -0.2) is 87.5 Å². The number of hydrogen-bond donors (Lipinski definition) is 6. The minimum Gasteiger partial charge on any atom is -0.394 e. The van der Waals surface area contributed by atoms with Gasteiger partial charge in [-0.25, -0.2) is 0 Å². The van der Waals surface area contributed by atoms with Crippen LogP contribution in [-0.2, 0) is 14.3 Å². The Morgan fingerprint density at radius 3 is 2.00 bits per heavy atom. The molecule has 0 bridgehead atoms. The van der Waals surface area contributed by atoms with Gasteiger partial charge in [0.2, 0.25) is 5.91 Å². The van der Waals surface area contributed by atoms with Crippen LogP contribution < -0.4 is 5.32 Å². The zero-order valence-corrected chi connectivity index (χ0v) is 28.1. The normalized spacial score (nSPS) is 23.8. The van der Waals surface area contributed by atoms with Crippen LogP contribution in [0.15, 0.2) is 36.5 Å². The van der Waals surface area contributed by atoms with Crippen molar-refractivity contribution in [3.05, 3.63) is 36.5 Å². The van der Waals surface area contributed by atoms with Crippen LogP contribution >= 0.6 is 0 Å². The van der Waals surface area contributed by atoms with Gasteiger partial charge in [0.25, 0.3) is 0 Å². The smallest absolute Gasteiger partial charge is 0.220 e. The molecule has 1 aliphatic heterocycles. The first-order valence-electron chi connectivity index (χ1n) is 17.7. The van der Waals surface area contributed by atoms with Crippen molar-refractivity contribution < 1.29 is 39.8 Å². The predicted molar refractivity (Wildman–Crippen MR) is 180 cm³/mol. The third kappa shape index (κ3) is 19.6. The molecule has 7 atom stereocenters. The highest BCUT2D eigenvalue weighted by Gasteiger charge is 2.44. The minimum absolute atomic E-state index is 0.195. The van der Waals surface area contributed by atoms with Crippen molar-refractivity contribution in [3.63, 3.8) is 0 Å². The number of allylic oxidation sites excluding steroid dienone is 5. The number of carbonyl (C=O) groups excluding carboxylic acids is 1. The molecule has 1 saturated heterocycles. The van der Waals surface area contributed by atoms with Gasteiger partial charge in [-0.05, 0) is 44.9 Å².